The number of aromatic amines is 1. The largest absolute Gasteiger partial charge is 0.388 e. The summed E-state index contributed by atoms with van der Waals surface area (Å²) in [6.45, 7) is 2.98. The van der Waals surface area contributed by atoms with Crippen molar-refractivity contribution in [2.45, 2.75) is 87.8 Å². The maximum atomic E-state index is 15.3. The second-order valence-electron chi connectivity index (χ2n) is 16.6. The Kier molecular flexibility index (Phi) is 11.8. The van der Waals surface area contributed by atoms with Crippen molar-refractivity contribution in [2.24, 2.45) is 5.92 Å². The van der Waals surface area contributed by atoms with Crippen molar-refractivity contribution in [2.75, 3.05) is 43.4 Å². The molecule has 59 heavy (non-hydrogen) atoms. The number of H-pyrrole nitrogens is 1. The number of carbonyl (C=O) groups is 3. The fourth-order valence-electron chi connectivity index (χ4n) is 9.15. The highest BCUT2D eigenvalue weighted by Gasteiger charge is 2.39. The van der Waals surface area contributed by atoms with Crippen molar-refractivity contribution in [3.63, 3.8) is 0 Å². The van der Waals surface area contributed by atoms with E-state index < -0.39 is 23.4 Å². The number of amides is 3. The van der Waals surface area contributed by atoms with E-state index in [0.29, 0.717) is 85.6 Å². The number of aromatic nitrogens is 3. The standard InChI is InChI=1S/C44H50F2N8O5/c45-35-24-32(49-37-12-13-38(55)51-41(37)57)10-11-33(35)27-14-19-53(20-15-27)26-44(59)16-21-54(22-17-44)42(58)28-6-8-31(9-7-28)50-43-48-25-36(46)39(52-43)30-4-1-3-29(23-30)34-5-2-18-47-40(34)56/h1-5,10-11,18,23-25,27-28,31,37,49,59H,6-9,12-17,19-22,26H2,(H,47,56)(H,48,50,52)(H,51,55,57)/t28-,31-,37?. The molecule has 2 aromatic heterocycles. The van der Waals surface area contributed by atoms with E-state index in [0.717, 1.165) is 45.0 Å². The summed E-state index contributed by atoms with van der Waals surface area (Å²) in [7, 11) is 0. The van der Waals surface area contributed by atoms with Crippen molar-refractivity contribution in [1.82, 2.24) is 30.1 Å². The van der Waals surface area contributed by atoms with Crippen LogP contribution in [0.4, 0.5) is 20.4 Å². The summed E-state index contributed by atoms with van der Waals surface area (Å²) in [4.78, 5) is 65.0. The average Bonchev–Trinajstić information content (AvgIpc) is 3.23. The first-order valence-corrected chi connectivity index (χ1v) is 20.7. The molecule has 0 bridgehead atoms. The van der Waals surface area contributed by atoms with E-state index >= 15 is 4.39 Å². The van der Waals surface area contributed by atoms with Gasteiger partial charge in [0, 0.05) is 61.0 Å². The second-order valence-corrected chi connectivity index (χ2v) is 16.6. The molecule has 4 aliphatic rings. The molecular weight excluding hydrogens is 759 g/mol. The molecule has 4 fully saturated rings. The summed E-state index contributed by atoms with van der Waals surface area (Å²) in [6, 6.07) is 14.9. The van der Waals surface area contributed by atoms with Gasteiger partial charge in [-0.05, 0) is 118 Å². The van der Waals surface area contributed by atoms with Crippen LogP contribution >= 0.6 is 0 Å². The number of nitrogens with one attached hydrogen (secondary N) is 4. The van der Waals surface area contributed by atoms with E-state index in [9.17, 15) is 28.7 Å². The fourth-order valence-corrected chi connectivity index (χ4v) is 9.15. The average molecular weight is 809 g/mol. The third-order valence-electron chi connectivity index (χ3n) is 12.6. The molecule has 3 aliphatic heterocycles. The Hall–Kier alpha value is -5.54. The number of rotatable bonds is 10. The van der Waals surface area contributed by atoms with Gasteiger partial charge in [0.1, 0.15) is 17.6 Å². The predicted octanol–water partition coefficient (Wildman–Crippen LogP) is 5.20. The van der Waals surface area contributed by atoms with Crippen LogP contribution in [0.1, 0.15) is 75.7 Å². The lowest BCUT2D eigenvalue weighted by Crippen LogP contribution is -2.54. The number of likely N-dealkylation sites (tertiary alicyclic amines) is 2. The lowest BCUT2D eigenvalue weighted by atomic mass is 9.83. The van der Waals surface area contributed by atoms with Gasteiger partial charge in [0.2, 0.25) is 23.7 Å². The normalized spacial score (nSPS) is 22.8. The molecule has 1 saturated carbocycles. The summed E-state index contributed by atoms with van der Waals surface area (Å²) in [6.07, 6.45) is 8.72. The number of carbonyl (C=O) groups excluding carboxylic acids is 3. The van der Waals surface area contributed by atoms with Gasteiger partial charge in [0.15, 0.2) is 5.82 Å². The van der Waals surface area contributed by atoms with Crippen LogP contribution in [0.5, 0.6) is 0 Å². The topological polar surface area (TPSA) is 173 Å². The van der Waals surface area contributed by atoms with Crippen LogP contribution in [-0.2, 0) is 14.4 Å². The van der Waals surface area contributed by atoms with E-state index in [1.807, 2.05) is 4.90 Å². The molecule has 1 atom stereocenters. The maximum absolute atomic E-state index is 15.3. The van der Waals surface area contributed by atoms with E-state index in [-0.39, 0.29) is 53.2 Å². The van der Waals surface area contributed by atoms with Crippen LogP contribution in [0.2, 0.25) is 0 Å². The van der Waals surface area contributed by atoms with Gasteiger partial charge in [-0.2, -0.15) is 0 Å². The lowest BCUT2D eigenvalue weighted by Gasteiger charge is -2.43. The Morgan fingerprint density at radius 2 is 1.63 bits per heavy atom. The number of anilines is 2. The zero-order valence-corrected chi connectivity index (χ0v) is 32.9. The first-order valence-electron chi connectivity index (χ1n) is 20.7. The van der Waals surface area contributed by atoms with Crippen molar-refractivity contribution < 1.29 is 28.3 Å². The quantitative estimate of drug-likeness (QED) is 0.134. The lowest BCUT2D eigenvalue weighted by molar-refractivity contribution is -0.141. The minimum absolute atomic E-state index is 0.0278. The number of benzene rings is 2. The molecule has 0 spiro atoms. The van der Waals surface area contributed by atoms with Gasteiger partial charge in [-0.3, -0.25) is 24.5 Å². The molecule has 310 valence electrons. The monoisotopic (exact) mass is 808 g/mol. The number of imide groups is 1. The number of piperidine rings is 3. The van der Waals surface area contributed by atoms with Gasteiger partial charge in [0.05, 0.1) is 11.8 Å². The highest BCUT2D eigenvalue weighted by molar-refractivity contribution is 6.01. The molecule has 13 nitrogen and oxygen atoms in total. The molecule has 2 aromatic carbocycles. The van der Waals surface area contributed by atoms with Crippen molar-refractivity contribution in [3.8, 4) is 22.4 Å². The fraction of sp³-hybridized carbons (Fsp3) is 0.455. The summed E-state index contributed by atoms with van der Waals surface area (Å²) in [5.41, 5.74) is 1.81. The van der Waals surface area contributed by atoms with E-state index in [4.69, 9.17) is 0 Å². The molecule has 3 amide bonds. The number of halogens is 2. The van der Waals surface area contributed by atoms with Crippen LogP contribution in [0.3, 0.4) is 0 Å². The van der Waals surface area contributed by atoms with Crippen LogP contribution in [0.25, 0.3) is 22.4 Å². The molecule has 4 aromatic rings. The van der Waals surface area contributed by atoms with Crippen molar-refractivity contribution in [1.29, 1.82) is 0 Å². The van der Waals surface area contributed by atoms with Gasteiger partial charge >= 0.3 is 0 Å². The van der Waals surface area contributed by atoms with Crippen LogP contribution in [0, 0.1) is 17.6 Å². The van der Waals surface area contributed by atoms with E-state index in [1.54, 1.807) is 54.7 Å². The predicted molar refractivity (Wildman–Crippen MR) is 218 cm³/mol. The second kappa shape index (κ2) is 17.4. The highest BCUT2D eigenvalue weighted by atomic mass is 19.1. The number of nitrogens with zero attached hydrogens (tertiary/aromatic N) is 4. The Bertz CT molecular complexity index is 2250. The Morgan fingerprint density at radius 1 is 0.864 bits per heavy atom. The van der Waals surface area contributed by atoms with E-state index in [2.05, 4.69) is 35.8 Å². The van der Waals surface area contributed by atoms with Crippen LogP contribution < -0.4 is 21.5 Å². The molecule has 0 radical (unpaired) electrons. The molecule has 5 N–H and O–H groups in total. The first kappa shape index (κ1) is 40.2. The van der Waals surface area contributed by atoms with Gasteiger partial charge in [0.25, 0.3) is 5.56 Å². The Balaban J connectivity index is 0.776. The number of β-amino-alcohol motifs (C(OH)–C–C–N with tert-alkyl or cyclic N) is 1. The van der Waals surface area contributed by atoms with Gasteiger partial charge in [-0.1, -0.05) is 24.3 Å². The summed E-state index contributed by atoms with van der Waals surface area (Å²) >= 11 is 0. The molecule has 1 aliphatic carbocycles. The SMILES string of the molecule is O=C1CCC(Nc2ccc(C3CCN(CC4(O)CCN(C(=O)[C@H]5CC[C@H](Nc6ncc(F)c(-c7cccc(-c8ccc[nH]c8=O)c7)n6)CC5)CC4)CC3)c(F)c2)C(=O)N1. The number of aliphatic hydroxyl groups is 1. The minimum Gasteiger partial charge on any atom is -0.388 e. The first-order chi connectivity index (χ1) is 28.5. The maximum Gasteiger partial charge on any atom is 0.255 e. The van der Waals surface area contributed by atoms with Crippen molar-refractivity contribution >= 4 is 29.4 Å². The summed E-state index contributed by atoms with van der Waals surface area (Å²) < 4.78 is 30.2. The van der Waals surface area contributed by atoms with Crippen LogP contribution in [-0.4, -0.2) is 98.0 Å². The van der Waals surface area contributed by atoms with Crippen molar-refractivity contribution in [3.05, 3.63) is 94.5 Å². The number of hydrogen-bond acceptors (Lipinski definition) is 10. The summed E-state index contributed by atoms with van der Waals surface area (Å²) in [5, 5.41) is 20.3. The highest BCUT2D eigenvalue weighted by Crippen LogP contribution is 2.35. The Labute approximate surface area is 341 Å². The third kappa shape index (κ3) is 9.36. The molecule has 1 unspecified atom stereocenters. The van der Waals surface area contributed by atoms with Gasteiger partial charge < -0.3 is 30.5 Å². The molecule has 5 heterocycles. The van der Waals surface area contributed by atoms with Crippen LogP contribution in [0.15, 0.2) is 71.8 Å². The van der Waals surface area contributed by atoms with Gasteiger partial charge in [-0.25, -0.2) is 18.7 Å². The number of hydrogen-bond donors (Lipinski definition) is 5. The zero-order chi connectivity index (χ0) is 41.1. The molecule has 15 heteroatoms. The molecular formula is C44H50F2N8O5. The summed E-state index contributed by atoms with van der Waals surface area (Å²) in [5.74, 6) is -1.20. The smallest absolute Gasteiger partial charge is 0.255 e. The van der Waals surface area contributed by atoms with E-state index in [1.165, 1.54) is 6.07 Å². The minimum atomic E-state index is -0.895. The van der Waals surface area contributed by atoms with Gasteiger partial charge in [-0.15, -0.1) is 0 Å². The molecule has 8 rings (SSSR count). The zero-order valence-electron chi connectivity index (χ0n) is 32.9. The Morgan fingerprint density at radius 3 is 2.36 bits per heavy atom. The molecule has 3 saturated heterocycles. The number of pyridine rings is 1. The third-order valence-corrected chi connectivity index (χ3v) is 12.6.